The van der Waals surface area contributed by atoms with Crippen LogP contribution in [-0.4, -0.2) is 34.7 Å². The number of nitrogens with two attached hydrogens (primary N) is 1. The molecule has 0 saturated heterocycles. The highest BCUT2D eigenvalue weighted by atomic mass is 32.2. The molecule has 27 heavy (non-hydrogen) atoms. The Labute approximate surface area is 162 Å². The van der Waals surface area contributed by atoms with Crippen LogP contribution in [0.2, 0.25) is 0 Å². The lowest BCUT2D eigenvalue weighted by molar-refractivity contribution is -0.153. The fourth-order valence-electron chi connectivity index (χ4n) is 3.39. The number of benzene rings is 2. The maximum atomic E-state index is 13.6. The van der Waals surface area contributed by atoms with E-state index >= 15 is 0 Å². The smallest absolute Gasteiger partial charge is 0.328 e. The Bertz CT molecular complexity index is 783. The lowest BCUT2D eigenvalue weighted by Crippen LogP contribution is -2.54. The number of carboxylic acids is 1. The van der Waals surface area contributed by atoms with Crippen LogP contribution in [0.3, 0.4) is 0 Å². The third kappa shape index (κ3) is 4.66. The monoisotopic (exact) mass is 394 g/mol. The molecule has 0 bridgehead atoms. The first kappa shape index (κ1) is 21.3. The molecule has 0 spiro atoms. The summed E-state index contributed by atoms with van der Waals surface area (Å²) in [5.41, 5.74) is 6.34. The van der Waals surface area contributed by atoms with Gasteiger partial charge in [0.2, 0.25) is 0 Å². The zero-order valence-electron chi connectivity index (χ0n) is 15.4. The zero-order valence-corrected chi connectivity index (χ0v) is 16.2. The molecule has 146 valence electrons. The van der Waals surface area contributed by atoms with Gasteiger partial charge in [0.25, 0.3) is 0 Å². The van der Waals surface area contributed by atoms with Gasteiger partial charge in [-0.2, -0.15) is 11.8 Å². The molecule has 0 aliphatic rings. The predicted octanol–water partition coefficient (Wildman–Crippen LogP) is 3.72. The van der Waals surface area contributed by atoms with Gasteiger partial charge in [-0.15, -0.1) is 0 Å². The Morgan fingerprint density at radius 3 is 2.37 bits per heavy atom. The van der Waals surface area contributed by atoms with Crippen molar-refractivity contribution in [2.24, 2.45) is 5.73 Å². The highest BCUT2D eigenvalue weighted by molar-refractivity contribution is 7.98. The number of hydrogen-bond donors (Lipinski definition) is 2. The summed E-state index contributed by atoms with van der Waals surface area (Å²) in [6.07, 6.45) is 2.21. The van der Waals surface area contributed by atoms with Gasteiger partial charge >= 0.3 is 5.97 Å². The van der Waals surface area contributed by atoms with E-state index < -0.39 is 23.1 Å². The molecule has 0 fully saturated rings. The van der Waals surface area contributed by atoms with E-state index in [0.717, 1.165) is 11.6 Å². The highest BCUT2D eigenvalue weighted by Crippen LogP contribution is 2.36. The maximum absolute atomic E-state index is 13.6. The minimum Gasteiger partial charge on any atom is -0.480 e. The van der Waals surface area contributed by atoms with Crippen molar-refractivity contribution in [3.8, 4) is 0 Å². The molecule has 2 aromatic carbocycles. The van der Waals surface area contributed by atoms with Crippen LogP contribution in [0.4, 0.5) is 8.78 Å². The summed E-state index contributed by atoms with van der Waals surface area (Å²) >= 11 is 1.53. The van der Waals surface area contributed by atoms with Gasteiger partial charge in [0.1, 0.15) is 17.2 Å². The molecule has 7 heteroatoms. The summed E-state index contributed by atoms with van der Waals surface area (Å²) in [5, 5.41) is 10.3. The fraction of sp³-hybridized carbons (Fsp3) is 0.350. The maximum Gasteiger partial charge on any atom is 0.328 e. The first-order valence-corrected chi connectivity index (χ1v) is 9.93. The van der Waals surface area contributed by atoms with E-state index in [9.17, 15) is 18.7 Å². The second kappa shape index (κ2) is 9.30. The predicted molar refractivity (Wildman–Crippen MR) is 104 cm³/mol. The van der Waals surface area contributed by atoms with Gasteiger partial charge in [-0.05, 0) is 54.2 Å². The normalized spacial score (nSPS) is 13.6. The Balaban J connectivity index is 2.58. The van der Waals surface area contributed by atoms with Gasteiger partial charge in [0.15, 0.2) is 0 Å². The molecular weight excluding hydrogens is 370 g/mol. The lowest BCUT2D eigenvalue weighted by Gasteiger charge is -2.41. The molecule has 4 nitrogen and oxygen atoms in total. The highest BCUT2D eigenvalue weighted by Gasteiger charge is 2.46. The van der Waals surface area contributed by atoms with Crippen LogP contribution < -0.4 is 5.73 Å². The number of carboxylic acid groups (broad SMARTS) is 1. The third-order valence-corrected chi connectivity index (χ3v) is 5.28. The summed E-state index contributed by atoms with van der Waals surface area (Å²) in [7, 11) is 0. The first-order chi connectivity index (χ1) is 12.8. The molecule has 2 rings (SSSR count). The van der Waals surface area contributed by atoms with Gasteiger partial charge in [-0.25, -0.2) is 13.6 Å². The number of halogens is 2. The van der Waals surface area contributed by atoms with Crippen LogP contribution in [-0.2, 0) is 16.9 Å². The van der Waals surface area contributed by atoms with Crippen molar-refractivity contribution in [3.05, 3.63) is 70.8 Å². The fourth-order valence-corrected chi connectivity index (χ4v) is 3.88. The average Bonchev–Trinajstić information content (AvgIpc) is 2.61. The standard InChI is InChI=1S/C20H24F2N2O2S/c1-14-5-3-4-6-18(14)20(19(25)26,7-8-27-2)24(13-23)12-15-9-16(21)11-17(22)10-15/h3-6,9-11H,7-8,12-13,23H2,1-2H3,(H,25,26)/t20-/m1/s1. The molecule has 2 aromatic rings. The number of carbonyl (C=O) groups is 1. The molecule has 0 radical (unpaired) electrons. The second-order valence-corrected chi connectivity index (χ2v) is 7.37. The molecule has 0 unspecified atom stereocenters. The van der Waals surface area contributed by atoms with E-state index in [-0.39, 0.29) is 13.2 Å². The molecule has 3 N–H and O–H groups in total. The van der Waals surface area contributed by atoms with Crippen molar-refractivity contribution in [1.29, 1.82) is 0 Å². The molecule has 0 amide bonds. The minimum absolute atomic E-state index is 0.0141. The van der Waals surface area contributed by atoms with Crippen molar-refractivity contribution < 1.29 is 18.7 Å². The van der Waals surface area contributed by atoms with Crippen LogP contribution in [0.25, 0.3) is 0 Å². The first-order valence-electron chi connectivity index (χ1n) is 8.53. The van der Waals surface area contributed by atoms with E-state index in [0.29, 0.717) is 23.3 Å². The molecule has 0 heterocycles. The third-order valence-electron chi connectivity index (χ3n) is 4.67. The molecule has 0 aliphatic heterocycles. The second-order valence-electron chi connectivity index (χ2n) is 6.38. The molecule has 0 aliphatic carbocycles. The Morgan fingerprint density at radius 2 is 1.85 bits per heavy atom. The van der Waals surface area contributed by atoms with Crippen molar-refractivity contribution in [1.82, 2.24) is 4.90 Å². The van der Waals surface area contributed by atoms with Gasteiger partial charge in [0.05, 0.1) is 0 Å². The molecule has 0 saturated carbocycles. The number of nitrogens with zero attached hydrogens (tertiary/aromatic N) is 1. The van der Waals surface area contributed by atoms with Crippen LogP contribution in [0.15, 0.2) is 42.5 Å². The van der Waals surface area contributed by atoms with Crippen molar-refractivity contribution in [3.63, 3.8) is 0 Å². The van der Waals surface area contributed by atoms with E-state index in [2.05, 4.69) is 0 Å². The van der Waals surface area contributed by atoms with Gasteiger partial charge in [0, 0.05) is 19.3 Å². The lowest BCUT2D eigenvalue weighted by atomic mass is 9.82. The van der Waals surface area contributed by atoms with Crippen molar-refractivity contribution >= 4 is 17.7 Å². The number of hydrogen-bond acceptors (Lipinski definition) is 4. The van der Waals surface area contributed by atoms with Crippen LogP contribution in [0, 0.1) is 18.6 Å². The van der Waals surface area contributed by atoms with Crippen LogP contribution in [0.5, 0.6) is 0 Å². The Morgan fingerprint density at radius 1 is 1.22 bits per heavy atom. The molecule has 0 aromatic heterocycles. The summed E-state index contributed by atoms with van der Waals surface area (Å²) < 4.78 is 27.2. The van der Waals surface area contributed by atoms with Crippen LogP contribution >= 0.6 is 11.8 Å². The van der Waals surface area contributed by atoms with Gasteiger partial charge in [-0.3, -0.25) is 4.90 Å². The van der Waals surface area contributed by atoms with E-state index in [1.165, 1.54) is 23.9 Å². The SMILES string of the molecule is CSCC[C@](C(=O)O)(c1ccccc1C)N(CN)Cc1cc(F)cc(F)c1. The van der Waals surface area contributed by atoms with Crippen LogP contribution in [0.1, 0.15) is 23.1 Å². The largest absolute Gasteiger partial charge is 0.480 e. The van der Waals surface area contributed by atoms with E-state index in [1.54, 1.807) is 17.0 Å². The summed E-state index contributed by atoms with van der Waals surface area (Å²) in [4.78, 5) is 14.1. The quantitative estimate of drug-likeness (QED) is 0.635. The number of aryl methyl sites for hydroxylation is 1. The van der Waals surface area contributed by atoms with E-state index in [4.69, 9.17) is 5.73 Å². The Kier molecular flexibility index (Phi) is 7.35. The summed E-state index contributed by atoms with van der Waals surface area (Å²) in [6.45, 7) is 1.79. The van der Waals surface area contributed by atoms with Gasteiger partial charge in [-0.1, -0.05) is 24.3 Å². The zero-order chi connectivity index (χ0) is 20.0. The Hall–Kier alpha value is -1.96. The number of aliphatic carboxylic acids is 1. The van der Waals surface area contributed by atoms with Gasteiger partial charge < -0.3 is 10.8 Å². The van der Waals surface area contributed by atoms with E-state index in [1.807, 2.05) is 25.3 Å². The van der Waals surface area contributed by atoms with Crippen molar-refractivity contribution in [2.75, 3.05) is 18.7 Å². The summed E-state index contributed by atoms with van der Waals surface area (Å²) in [6, 6.07) is 10.4. The topological polar surface area (TPSA) is 66.6 Å². The molecule has 1 atom stereocenters. The molecular formula is C20H24F2N2O2S. The minimum atomic E-state index is -1.40. The average molecular weight is 394 g/mol. The van der Waals surface area contributed by atoms with Crippen molar-refractivity contribution in [2.45, 2.75) is 25.4 Å². The summed E-state index contributed by atoms with van der Waals surface area (Å²) in [5.74, 6) is -1.85. The number of thioether (sulfide) groups is 1. The number of rotatable bonds is 9.